The van der Waals surface area contributed by atoms with E-state index in [9.17, 15) is 29.8 Å². The van der Waals surface area contributed by atoms with Crippen LogP contribution < -0.4 is 10.6 Å². The van der Waals surface area contributed by atoms with Crippen LogP contribution in [0, 0.1) is 20.2 Å². The summed E-state index contributed by atoms with van der Waals surface area (Å²) in [5, 5.41) is 26.7. The molecule has 10 heteroatoms. The molecule has 10 nitrogen and oxygen atoms in total. The zero-order chi connectivity index (χ0) is 24.5. The van der Waals surface area contributed by atoms with Gasteiger partial charge in [0, 0.05) is 47.8 Å². The Hall–Kier alpha value is -5.12. The van der Waals surface area contributed by atoms with Crippen molar-refractivity contribution >= 4 is 46.7 Å². The van der Waals surface area contributed by atoms with Crippen molar-refractivity contribution in [1.29, 1.82) is 0 Å². The van der Waals surface area contributed by atoms with E-state index in [2.05, 4.69) is 10.6 Å². The summed E-state index contributed by atoms with van der Waals surface area (Å²) in [7, 11) is 0. The fraction of sp³-hybridized carbons (Fsp3) is 0. The molecule has 170 valence electrons. The summed E-state index contributed by atoms with van der Waals surface area (Å²) in [5.74, 6) is -0.834. The van der Waals surface area contributed by atoms with Crippen molar-refractivity contribution in [2.24, 2.45) is 0 Å². The molecule has 0 radical (unpaired) electrons. The molecule has 34 heavy (non-hydrogen) atoms. The molecule has 3 aromatic carbocycles. The van der Waals surface area contributed by atoms with Gasteiger partial charge in [-0.2, -0.15) is 0 Å². The molecule has 0 unspecified atom stereocenters. The predicted octanol–water partition coefficient (Wildman–Crippen LogP) is 4.81. The van der Waals surface area contributed by atoms with Gasteiger partial charge in [-0.1, -0.05) is 6.07 Å². The fourth-order valence-electron chi connectivity index (χ4n) is 2.80. The standard InChI is InChI=1S/C24H18N4O6/c29-23(14-8-17-4-10-21(11-5-17)27(31)32)25-19-2-1-3-20(16-19)26-24(30)15-9-18-6-12-22(13-7-18)28(33)34/h1-16H,(H,25,29)(H,26,30). The van der Waals surface area contributed by atoms with Crippen LogP contribution in [0.5, 0.6) is 0 Å². The summed E-state index contributed by atoms with van der Waals surface area (Å²) >= 11 is 0. The number of anilines is 2. The summed E-state index contributed by atoms with van der Waals surface area (Å²) in [5.41, 5.74) is 2.08. The van der Waals surface area contributed by atoms with Crippen LogP contribution in [0.4, 0.5) is 22.7 Å². The SMILES string of the molecule is O=C(C=Cc1ccc([N+](=O)[O-])cc1)Nc1cccc(NC(=O)C=Cc2ccc([N+](=O)[O-])cc2)c1. The fourth-order valence-corrected chi connectivity index (χ4v) is 2.80. The van der Waals surface area contributed by atoms with E-state index < -0.39 is 21.7 Å². The summed E-state index contributed by atoms with van der Waals surface area (Å²) in [6, 6.07) is 18.1. The van der Waals surface area contributed by atoms with Crippen LogP contribution in [0.25, 0.3) is 12.2 Å². The predicted molar refractivity (Wildman–Crippen MR) is 128 cm³/mol. The van der Waals surface area contributed by atoms with Crippen LogP contribution in [0.15, 0.2) is 84.9 Å². The molecule has 3 aromatic rings. The summed E-state index contributed by atoms with van der Waals surface area (Å²) in [4.78, 5) is 44.7. The average Bonchev–Trinajstić information content (AvgIpc) is 2.82. The molecule has 3 rings (SSSR count). The van der Waals surface area contributed by atoms with E-state index >= 15 is 0 Å². The number of carbonyl (C=O) groups excluding carboxylic acids is 2. The minimum atomic E-state index is -0.503. The summed E-state index contributed by atoms with van der Waals surface area (Å²) in [6.07, 6.45) is 5.63. The molecular weight excluding hydrogens is 440 g/mol. The molecule has 2 N–H and O–H groups in total. The number of amides is 2. The van der Waals surface area contributed by atoms with Crippen molar-refractivity contribution in [2.75, 3.05) is 10.6 Å². The number of nitrogens with one attached hydrogen (secondary N) is 2. The molecule has 0 aromatic heterocycles. The van der Waals surface area contributed by atoms with Gasteiger partial charge in [0.15, 0.2) is 0 Å². The number of hydrogen-bond acceptors (Lipinski definition) is 6. The number of non-ortho nitro benzene ring substituents is 2. The van der Waals surface area contributed by atoms with Gasteiger partial charge in [0.25, 0.3) is 11.4 Å². The number of nitrogens with zero attached hydrogens (tertiary/aromatic N) is 2. The Labute approximate surface area is 193 Å². The van der Waals surface area contributed by atoms with Gasteiger partial charge in [0.05, 0.1) is 9.85 Å². The van der Waals surface area contributed by atoms with E-state index in [1.54, 1.807) is 24.3 Å². The van der Waals surface area contributed by atoms with E-state index in [0.717, 1.165) is 0 Å². The van der Waals surface area contributed by atoms with Crippen LogP contribution in [-0.4, -0.2) is 21.7 Å². The van der Waals surface area contributed by atoms with Gasteiger partial charge in [-0.05, 0) is 65.7 Å². The van der Waals surface area contributed by atoms with Crippen LogP contribution in [-0.2, 0) is 9.59 Å². The monoisotopic (exact) mass is 458 g/mol. The minimum Gasteiger partial charge on any atom is -0.322 e. The number of carbonyl (C=O) groups is 2. The topological polar surface area (TPSA) is 144 Å². The van der Waals surface area contributed by atoms with Crippen LogP contribution in [0.2, 0.25) is 0 Å². The largest absolute Gasteiger partial charge is 0.322 e. The van der Waals surface area contributed by atoms with Crippen LogP contribution in [0.3, 0.4) is 0 Å². The summed E-state index contributed by atoms with van der Waals surface area (Å²) < 4.78 is 0. The van der Waals surface area contributed by atoms with Gasteiger partial charge < -0.3 is 10.6 Å². The first-order valence-electron chi connectivity index (χ1n) is 9.87. The van der Waals surface area contributed by atoms with Gasteiger partial charge in [-0.15, -0.1) is 0 Å². The first kappa shape index (κ1) is 23.5. The lowest BCUT2D eigenvalue weighted by molar-refractivity contribution is -0.385. The lowest BCUT2D eigenvalue weighted by Gasteiger charge is -2.06. The number of rotatable bonds is 8. The quantitative estimate of drug-likeness (QED) is 0.282. The Bertz CT molecular complexity index is 1180. The Morgan fingerprint density at radius 1 is 0.647 bits per heavy atom. The number of nitro benzene ring substituents is 2. The van der Waals surface area contributed by atoms with Crippen molar-refractivity contribution in [1.82, 2.24) is 0 Å². The highest BCUT2D eigenvalue weighted by atomic mass is 16.6. The summed E-state index contributed by atoms with van der Waals surface area (Å²) in [6.45, 7) is 0. The Balaban J connectivity index is 1.56. The molecular formula is C24H18N4O6. The molecule has 0 fully saturated rings. The molecule has 0 saturated heterocycles. The highest BCUT2D eigenvalue weighted by molar-refractivity contribution is 6.04. The molecule has 0 heterocycles. The number of nitro groups is 2. The first-order valence-corrected chi connectivity index (χ1v) is 9.87. The van der Waals surface area contributed by atoms with E-state index in [0.29, 0.717) is 22.5 Å². The maximum Gasteiger partial charge on any atom is 0.269 e. The molecule has 0 atom stereocenters. The van der Waals surface area contributed by atoms with Gasteiger partial charge in [0.1, 0.15) is 0 Å². The van der Waals surface area contributed by atoms with Gasteiger partial charge in [0.2, 0.25) is 11.8 Å². The lowest BCUT2D eigenvalue weighted by atomic mass is 10.2. The molecule has 0 aliphatic rings. The number of hydrogen-bond donors (Lipinski definition) is 2. The highest BCUT2D eigenvalue weighted by Gasteiger charge is 2.05. The molecule has 2 amide bonds. The molecule has 0 spiro atoms. The molecule has 0 saturated carbocycles. The van der Waals surface area contributed by atoms with E-state index in [4.69, 9.17) is 0 Å². The minimum absolute atomic E-state index is 0.0388. The van der Waals surface area contributed by atoms with Gasteiger partial charge in [-0.25, -0.2) is 0 Å². The van der Waals surface area contributed by atoms with Crippen molar-refractivity contribution in [3.63, 3.8) is 0 Å². The van der Waals surface area contributed by atoms with Crippen LogP contribution >= 0.6 is 0 Å². The second-order valence-corrected chi connectivity index (χ2v) is 6.92. The zero-order valence-corrected chi connectivity index (χ0v) is 17.6. The van der Waals surface area contributed by atoms with E-state index in [1.807, 2.05) is 0 Å². The van der Waals surface area contributed by atoms with Gasteiger partial charge in [-0.3, -0.25) is 29.8 Å². The maximum absolute atomic E-state index is 12.2. The first-order chi connectivity index (χ1) is 16.3. The normalized spacial score (nSPS) is 10.8. The Kier molecular flexibility index (Phi) is 7.59. The van der Waals surface area contributed by atoms with Crippen molar-refractivity contribution < 1.29 is 19.4 Å². The molecule has 0 aliphatic carbocycles. The van der Waals surface area contributed by atoms with E-state index in [-0.39, 0.29) is 11.4 Å². The molecule has 0 bridgehead atoms. The van der Waals surface area contributed by atoms with Crippen molar-refractivity contribution in [2.45, 2.75) is 0 Å². The third-order valence-corrected chi connectivity index (χ3v) is 4.46. The third-order valence-electron chi connectivity index (χ3n) is 4.46. The maximum atomic E-state index is 12.2. The average molecular weight is 458 g/mol. The van der Waals surface area contributed by atoms with Gasteiger partial charge >= 0.3 is 0 Å². The Morgan fingerprint density at radius 3 is 1.38 bits per heavy atom. The Morgan fingerprint density at radius 2 is 1.03 bits per heavy atom. The second-order valence-electron chi connectivity index (χ2n) is 6.92. The zero-order valence-electron chi connectivity index (χ0n) is 17.6. The van der Waals surface area contributed by atoms with Crippen molar-refractivity contribution in [3.8, 4) is 0 Å². The van der Waals surface area contributed by atoms with E-state index in [1.165, 1.54) is 72.8 Å². The number of benzene rings is 3. The third kappa shape index (κ3) is 6.95. The lowest BCUT2D eigenvalue weighted by Crippen LogP contribution is -2.10. The second kappa shape index (κ2) is 11.0. The van der Waals surface area contributed by atoms with Crippen molar-refractivity contribution in [3.05, 3.63) is 116 Å². The molecule has 0 aliphatic heterocycles. The van der Waals surface area contributed by atoms with Crippen LogP contribution in [0.1, 0.15) is 11.1 Å². The smallest absolute Gasteiger partial charge is 0.269 e. The highest BCUT2D eigenvalue weighted by Crippen LogP contribution is 2.17.